The van der Waals surface area contributed by atoms with Crippen LogP contribution in [0.2, 0.25) is 0 Å². The number of nitrogens with one attached hydrogen (secondary N) is 1. The lowest BCUT2D eigenvalue weighted by atomic mass is 10.2. The van der Waals surface area contributed by atoms with Gasteiger partial charge >= 0.3 is 6.09 Å². The maximum Gasteiger partial charge on any atom is 0.407 e. The molecule has 1 saturated heterocycles. The van der Waals surface area contributed by atoms with Gasteiger partial charge in [-0.3, -0.25) is 4.79 Å². The van der Waals surface area contributed by atoms with E-state index in [0.29, 0.717) is 26.1 Å². The summed E-state index contributed by atoms with van der Waals surface area (Å²) in [6.07, 6.45) is 0.150. The molecule has 0 aromatic heterocycles. The van der Waals surface area contributed by atoms with E-state index < -0.39 is 21.7 Å². The molecule has 9 heteroatoms. The summed E-state index contributed by atoms with van der Waals surface area (Å²) in [6, 6.07) is 6.78. The zero-order chi connectivity index (χ0) is 21.7. The van der Waals surface area contributed by atoms with Gasteiger partial charge in [0.25, 0.3) is 0 Å². The van der Waals surface area contributed by atoms with Crippen molar-refractivity contribution in [1.29, 1.82) is 0 Å². The van der Waals surface area contributed by atoms with Gasteiger partial charge in [0.05, 0.1) is 4.90 Å². The maximum atomic E-state index is 12.8. The van der Waals surface area contributed by atoms with Crippen LogP contribution in [0.4, 0.5) is 4.79 Å². The quantitative estimate of drug-likeness (QED) is 0.780. The Bertz CT molecular complexity index is 816. The average molecular weight is 426 g/mol. The summed E-state index contributed by atoms with van der Waals surface area (Å²) in [4.78, 5) is 26.0. The number of sulfonamides is 1. The van der Waals surface area contributed by atoms with Crippen molar-refractivity contribution in [3.05, 3.63) is 29.8 Å². The normalized spacial score (nSPS) is 16.2. The minimum absolute atomic E-state index is 0.115. The first-order valence-electron chi connectivity index (χ1n) is 9.80. The van der Waals surface area contributed by atoms with Crippen LogP contribution in [-0.2, 0) is 19.6 Å². The predicted octanol–water partition coefficient (Wildman–Crippen LogP) is 2.13. The van der Waals surface area contributed by atoms with Gasteiger partial charge in [0.1, 0.15) is 5.60 Å². The number of carbonyl (C=O) groups excluding carboxylic acids is 2. The summed E-state index contributed by atoms with van der Waals surface area (Å²) in [7, 11) is -3.58. The van der Waals surface area contributed by atoms with Crippen LogP contribution in [0.5, 0.6) is 0 Å². The van der Waals surface area contributed by atoms with Crippen molar-refractivity contribution in [3.63, 3.8) is 0 Å². The van der Waals surface area contributed by atoms with Crippen LogP contribution >= 0.6 is 0 Å². The zero-order valence-electron chi connectivity index (χ0n) is 17.6. The Morgan fingerprint density at radius 2 is 1.72 bits per heavy atom. The molecule has 1 aromatic carbocycles. The summed E-state index contributed by atoms with van der Waals surface area (Å²) in [5.41, 5.74) is 0.405. The molecule has 0 spiro atoms. The lowest BCUT2D eigenvalue weighted by Gasteiger charge is -2.22. The van der Waals surface area contributed by atoms with E-state index in [1.54, 1.807) is 49.9 Å². The highest BCUT2D eigenvalue weighted by molar-refractivity contribution is 7.89. The number of hydrogen-bond donors (Lipinski definition) is 1. The van der Waals surface area contributed by atoms with Crippen LogP contribution in [0.15, 0.2) is 29.2 Å². The smallest absolute Gasteiger partial charge is 0.407 e. The highest BCUT2D eigenvalue weighted by Crippen LogP contribution is 2.18. The second kappa shape index (κ2) is 9.58. The standard InChI is InChI=1S/C20H31N3O5S/c1-16-6-8-17(9-7-16)29(26,27)23-13-5-12-22(14-15-23)18(24)10-11-21-19(25)28-20(2,3)4/h6-9H,5,10-15H2,1-4H3,(H,21,25). The molecule has 1 heterocycles. The van der Waals surface area contributed by atoms with Gasteiger partial charge in [-0.05, 0) is 46.2 Å². The largest absolute Gasteiger partial charge is 0.444 e. The monoisotopic (exact) mass is 425 g/mol. The van der Waals surface area contributed by atoms with E-state index in [9.17, 15) is 18.0 Å². The van der Waals surface area contributed by atoms with Crippen molar-refractivity contribution in [2.24, 2.45) is 0 Å². The molecular weight excluding hydrogens is 394 g/mol. The van der Waals surface area contributed by atoms with Crippen LogP contribution in [0.25, 0.3) is 0 Å². The molecule has 0 bridgehead atoms. The van der Waals surface area contributed by atoms with Gasteiger partial charge in [0, 0.05) is 39.1 Å². The summed E-state index contributed by atoms with van der Waals surface area (Å²) in [5.74, 6) is -0.115. The SMILES string of the molecule is Cc1ccc(S(=O)(=O)N2CCCN(C(=O)CCNC(=O)OC(C)(C)C)CC2)cc1. The average Bonchev–Trinajstić information content (AvgIpc) is 2.87. The Hall–Kier alpha value is -2.13. The fourth-order valence-corrected chi connectivity index (χ4v) is 4.46. The van der Waals surface area contributed by atoms with Gasteiger partial charge in [0.15, 0.2) is 0 Å². The molecule has 0 saturated carbocycles. The van der Waals surface area contributed by atoms with E-state index in [-0.39, 0.29) is 30.3 Å². The number of amides is 2. The Morgan fingerprint density at radius 1 is 1.07 bits per heavy atom. The first-order chi connectivity index (χ1) is 13.5. The van der Waals surface area contributed by atoms with Gasteiger partial charge in [-0.2, -0.15) is 4.31 Å². The molecule has 1 fully saturated rings. The van der Waals surface area contributed by atoms with Gasteiger partial charge < -0.3 is 15.0 Å². The molecule has 1 aliphatic rings. The second-order valence-electron chi connectivity index (χ2n) is 8.13. The first kappa shape index (κ1) is 23.2. The highest BCUT2D eigenvalue weighted by Gasteiger charge is 2.28. The first-order valence-corrected chi connectivity index (χ1v) is 11.2. The van der Waals surface area contributed by atoms with Crippen molar-refractivity contribution < 1.29 is 22.7 Å². The number of carbonyl (C=O) groups is 2. The van der Waals surface area contributed by atoms with Gasteiger partial charge in [0.2, 0.25) is 15.9 Å². The lowest BCUT2D eigenvalue weighted by Crippen LogP contribution is -2.39. The Balaban J connectivity index is 1.86. The summed E-state index contributed by atoms with van der Waals surface area (Å²) >= 11 is 0. The molecule has 2 amide bonds. The van der Waals surface area contributed by atoms with E-state index in [1.165, 1.54) is 4.31 Å². The molecule has 8 nitrogen and oxygen atoms in total. The Morgan fingerprint density at radius 3 is 2.34 bits per heavy atom. The van der Waals surface area contributed by atoms with Crippen molar-refractivity contribution >= 4 is 22.0 Å². The van der Waals surface area contributed by atoms with E-state index in [1.807, 2.05) is 6.92 Å². The van der Waals surface area contributed by atoms with Crippen LogP contribution in [0, 0.1) is 6.92 Å². The molecule has 0 unspecified atom stereocenters. The van der Waals surface area contributed by atoms with Gasteiger partial charge in [-0.1, -0.05) is 17.7 Å². The fraction of sp³-hybridized carbons (Fsp3) is 0.600. The number of nitrogens with zero attached hydrogens (tertiary/aromatic N) is 2. The Labute approximate surface area is 173 Å². The number of alkyl carbamates (subject to hydrolysis) is 1. The summed E-state index contributed by atoms with van der Waals surface area (Å²) in [5, 5.41) is 2.57. The van der Waals surface area contributed by atoms with Crippen molar-refractivity contribution in [1.82, 2.24) is 14.5 Å². The minimum atomic E-state index is -3.58. The topological polar surface area (TPSA) is 96.0 Å². The third kappa shape index (κ3) is 7.01. The molecule has 1 aromatic rings. The second-order valence-corrected chi connectivity index (χ2v) is 10.1. The van der Waals surface area contributed by atoms with E-state index >= 15 is 0 Å². The molecule has 0 atom stereocenters. The lowest BCUT2D eigenvalue weighted by molar-refractivity contribution is -0.130. The minimum Gasteiger partial charge on any atom is -0.444 e. The van der Waals surface area contributed by atoms with Crippen LogP contribution in [0.1, 0.15) is 39.2 Å². The number of aryl methyl sites for hydroxylation is 1. The number of benzene rings is 1. The molecule has 0 aliphatic carbocycles. The van der Waals surface area contributed by atoms with Gasteiger partial charge in [-0.25, -0.2) is 13.2 Å². The molecule has 162 valence electrons. The van der Waals surface area contributed by atoms with Gasteiger partial charge in [-0.15, -0.1) is 0 Å². The molecule has 1 N–H and O–H groups in total. The third-order valence-electron chi connectivity index (χ3n) is 4.47. The molecule has 29 heavy (non-hydrogen) atoms. The van der Waals surface area contributed by atoms with Crippen LogP contribution < -0.4 is 5.32 Å². The van der Waals surface area contributed by atoms with Crippen LogP contribution in [0.3, 0.4) is 0 Å². The van der Waals surface area contributed by atoms with Crippen LogP contribution in [-0.4, -0.2) is 67.9 Å². The van der Waals surface area contributed by atoms with Crippen molar-refractivity contribution in [3.8, 4) is 0 Å². The molecule has 2 rings (SSSR count). The maximum absolute atomic E-state index is 12.8. The van der Waals surface area contributed by atoms with Crippen molar-refractivity contribution in [2.45, 2.75) is 51.0 Å². The summed E-state index contributed by atoms with van der Waals surface area (Å²) in [6.45, 7) is 8.83. The molecule has 1 aliphatic heterocycles. The predicted molar refractivity (Wildman–Crippen MR) is 110 cm³/mol. The van der Waals surface area contributed by atoms with E-state index in [0.717, 1.165) is 5.56 Å². The Kier molecular flexibility index (Phi) is 7.65. The van der Waals surface area contributed by atoms with Crippen molar-refractivity contribution in [2.75, 3.05) is 32.7 Å². The van der Waals surface area contributed by atoms with E-state index in [2.05, 4.69) is 5.32 Å². The zero-order valence-corrected chi connectivity index (χ0v) is 18.4. The third-order valence-corrected chi connectivity index (χ3v) is 6.39. The number of hydrogen-bond acceptors (Lipinski definition) is 5. The number of ether oxygens (including phenoxy) is 1. The van der Waals surface area contributed by atoms with E-state index in [4.69, 9.17) is 4.74 Å². The molecular formula is C20H31N3O5S. The summed E-state index contributed by atoms with van der Waals surface area (Å²) < 4.78 is 32.3. The highest BCUT2D eigenvalue weighted by atomic mass is 32.2. The molecule has 0 radical (unpaired) electrons. The number of rotatable bonds is 5. The fourth-order valence-electron chi connectivity index (χ4n) is 2.99.